The molecular formula is C30H14N4S2. The van der Waals surface area contributed by atoms with Crippen molar-refractivity contribution < 1.29 is 0 Å². The number of aromatic nitrogens is 4. The van der Waals surface area contributed by atoms with Gasteiger partial charge in [-0.1, -0.05) is 82.8 Å². The van der Waals surface area contributed by atoms with Crippen LogP contribution in [-0.2, 0) is 0 Å². The van der Waals surface area contributed by atoms with Crippen LogP contribution in [0.5, 0.6) is 0 Å². The molecule has 5 aromatic rings. The molecule has 0 aliphatic carbocycles. The predicted molar refractivity (Wildman–Crippen MR) is 143 cm³/mol. The SMILES string of the molecule is C(#Cc1nnc(C#Cc2ccc(C#Cc3nnc(C#Cc4ccccc4)s3)cc2)s1)c1ccccc1. The Labute approximate surface area is 217 Å². The molecule has 0 saturated carbocycles. The summed E-state index contributed by atoms with van der Waals surface area (Å²) >= 11 is 2.74. The highest BCUT2D eigenvalue weighted by molar-refractivity contribution is 7.12. The Kier molecular flexibility index (Phi) is 7.24. The maximum Gasteiger partial charge on any atom is 0.192 e. The fourth-order valence-electron chi connectivity index (χ4n) is 2.83. The molecule has 4 nitrogen and oxygen atoms in total. The van der Waals surface area contributed by atoms with Gasteiger partial charge in [0.2, 0.25) is 0 Å². The molecule has 166 valence electrons. The summed E-state index contributed by atoms with van der Waals surface area (Å²) in [5, 5.41) is 18.9. The smallest absolute Gasteiger partial charge is 0.128 e. The fourth-order valence-corrected chi connectivity index (χ4v) is 3.93. The van der Waals surface area contributed by atoms with Crippen molar-refractivity contribution in [1.82, 2.24) is 20.4 Å². The van der Waals surface area contributed by atoms with E-state index in [0.717, 1.165) is 22.3 Å². The minimum atomic E-state index is 0.624. The van der Waals surface area contributed by atoms with Gasteiger partial charge in [0.1, 0.15) is 0 Å². The molecule has 0 radical (unpaired) electrons. The van der Waals surface area contributed by atoms with Gasteiger partial charge in [-0.15, -0.1) is 20.4 Å². The number of benzene rings is 3. The highest BCUT2D eigenvalue weighted by Crippen LogP contribution is 2.10. The van der Waals surface area contributed by atoms with Crippen molar-refractivity contribution in [3.05, 3.63) is 127 Å². The lowest BCUT2D eigenvalue weighted by Gasteiger charge is -1.90. The highest BCUT2D eigenvalue weighted by Gasteiger charge is 1.99. The standard InChI is InChI=1S/C30H14N4S2/c1-3-7-23(8-4-1)15-19-27-31-33-29(35-27)21-17-25-11-13-26(14-12-25)18-22-30-34-32-28(36-30)20-16-24-9-5-2-6-10-24/h1-14H. The van der Waals surface area contributed by atoms with E-state index in [9.17, 15) is 0 Å². The largest absolute Gasteiger partial charge is 0.192 e. The van der Waals surface area contributed by atoms with E-state index in [2.05, 4.69) is 67.8 Å². The molecule has 0 bridgehead atoms. The topological polar surface area (TPSA) is 51.6 Å². The molecule has 5 rings (SSSR count). The fraction of sp³-hybridized carbons (Fsp3) is 0. The number of rotatable bonds is 0. The molecule has 2 aromatic heterocycles. The highest BCUT2D eigenvalue weighted by atomic mass is 32.1. The van der Waals surface area contributed by atoms with Crippen molar-refractivity contribution >= 4 is 22.7 Å². The minimum Gasteiger partial charge on any atom is -0.128 e. The van der Waals surface area contributed by atoms with Crippen molar-refractivity contribution in [2.24, 2.45) is 0 Å². The van der Waals surface area contributed by atoms with E-state index in [1.807, 2.05) is 84.9 Å². The molecule has 6 heteroatoms. The van der Waals surface area contributed by atoms with Crippen molar-refractivity contribution in [1.29, 1.82) is 0 Å². The van der Waals surface area contributed by atoms with Gasteiger partial charge in [-0.25, -0.2) is 0 Å². The van der Waals surface area contributed by atoms with Crippen LogP contribution in [0, 0.1) is 47.4 Å². The molecule has 0 aliphatic heterocycles. The second-order valence-corrected chi connectivity index (χ2v) is 9.09. The second kappa shape index (κ2) is 11.4. The summed E-state index contributed by atoms with van der Waals surface area (Å²) in [6.45, 7) is 0. The van der Waals surface area contributed by atoms with E-state index < -0.39 is 0 Å². The van der Waals surface area contributed by atoms with Crippen LogP contribution in [0.2, 0.25) is 0 Å². The maximum atomic E-state index is 4.11. The first kappa shape index (κ1) is 22.8. The first-order valence-corrected chi connectivity index (χ1v) is 12.4. The summed E-state index contributed by atoms with van der Waals surface area (Å²) in [6.07, 6.45) is 0. The van der Waals surface area contributed by atoms with Gasteiger partial charge in [0.25, 0.3) is 0 Å². The number of hydrogen-bond acceptors (Lipinski definition) is 6. The van der Waals surface area contributed by atoms with Crippen LogP contribution in [-0.4, -0.2) is 20.4 Å². The van der Waals surface area contributed by atoms with E-state index in [-0.39, 0.29) is 0 Å². The van der Waals surface area contributed by atoms with Gasteiger partial charge in [0.05, 0.1) is 0 Å². The molecular weight excluding hydrogens is 480 g/mol. The molecule has 36 heavy (non-hydrogen) atoms. The molecule has 3 aromatic carbocycles. The summed E-state index contributed by atoms with van der Waals surface area (Å²) in [7, 11) is 0. The molecule has 0 N–H and O–H groups in total. The zero-order valence-corrected chi connectivity index (χ0v) is 20.3. The van der Waals surface area contributed by atoms with Crippen LogP contribution in [0.25, 0.3) is 0 Å². The van der Waals surface area contributed by atoms with Crippen molar-refractivity contribution in [3.8, 4) is 47.4 Å². The Bertz CT molecular complexity index is 1610. The zero-order chi connectivity index (χ0) is 24.4. The third-order valence-corrected chi connectivity index (χ3v) is 6.05. The third-order valence-electron chi connectivity index (χ3n) is 4.54. The van der Waals surface area contributed by atoms with E-state index in [1.54, 1.807) is 0 Å². The lowest BCUT2D eigenvalue weighted by molar-refractivity contribution is 1.06. The summed E-state index contributed by atoms with van der Waals surface area (Å²) in [5.41, 5.74) is 3.60. The van der Waals surface area contributed by atoms with Gasteiger partial charge in [0, 0.05) is 22.3 Å². The van der Waals surface area contributed by atoms with Gasteiger partial charge in [-0.3, -0.25) is 0 Å². The van der Waals surface area contributed by atoms with Crippen LogP contribution in [0.4, 0.5) is 0 Å². The molecule has 0 spiro atoms. The Morgan fingerprint density at radius 1 is 0.333 bits per heavy atom. The van der Waals surface area contributed by atoms with E-state index >= 15 is 0 Å². The minimum absolute atomic E-state index is 0.624. The van der Waals surface area contributed by atoms with Crippen molar-refractivity contribution in [2.75, 3.05) is 0 Å². The van der Waals surface area contributed by atoms with Crippen LogP contribution < -0.4 is 0 Å². The average molecular weight is 495 g/mol. The molecule has 0 atom stereocenters. The van der Waals surface area contributed by atoms with Gasteiger partial charge in [-0.05, 0) is 72.2 Å². The lowest BCUT2D eigenvalue weighted by Crippen LogP contribution is -1.79. The summed E-state index contributed by atoms with van der Waals surface area (Å²) in [6, 6.07) is 27.2. The van der Waals surface area contributed by atoms with E-state index in [4.69, 9.17) is 0 Å². The van der Waals surface area contributed by atoms with Crippen molar-refractivity contribution in [3.63, 3.8) is 0 Å². The van der Waals surface area contributed by atoms with Gasteiger partial charge in [0.15, 0.2) is 20.0 Å². The van der Waals surface area contributed by atoms with Gasteiger partial charge < -0.3 is 0 Å². The molecule has 2 heterocycles. The van der Waals surface area contributed by atoms with E-state index in [1.165, 1.54) is 22.7 Å². The Morgan fingerprint density at radius 2 is 0.611 bits per heavy atom. The van der Waals surface area contributed by atoms with Crippen molar-refractivity contribution in [2.45, 2.75) is 0 Å². The Balaban J connectivity index is 1.21. The molecule has 0 aliphatic rings. The second-order valence-electron chi connectivity index (χ2n) is 7.13. The Hall–Kier alpha value is -4.98. The third kappa shape index (κ3) is 6.54. The van der Waals surface area contributed by atoms with Gasteiger partial charge in [-0.2, -0.15) is 0 Å². The normalized spacial score (nSPS) is 9.33. The van der Waals surface area contributed by atoms with Crippen LogP contribution in [0.15, 0.2) is 84.9 Å². The quantitative estimate of drug-likeness (QED) is 0.285. The summed E-state index contributed by atoms with van der Waals surface area (Å²) in [5.74, 6) is 24.5. The molecule has 0 amide bonds. The number of nitrogens with zero attached hydrogens (tertiary/aromatic N) is 4. The maximum absolute atomic E-state index is 4.11. The van der Waals surface area contributed by atoms with Crippen LogP contribution in [0.3, 0.4) is 0 Å². The van der Waals surface area contributed by atoms with Gasteiger partial charge >= 0.3 is 0 Å². The molecule has 0 saturated heterocycles. The summed E-state index contributed by atoms with van der Waals surface area (Å²) < 4.78 is 0. The average Bonchev–Trinajstić information content (AvgIpc) is 3.60. The van der Waals surface area contributed by atoms with E-state index in [0.29, 0.717) is 20.0 Å². The van der Waals surface area contributed by atoms with Crippen LogP contribution in [0.1, 0.15) is 42.3 Å². The molecule has 0 fully saturated rings. The lowest BCUT2D eigenvalue weighted by atomic mass is 10.1. The first-order valence-electron chi connectivity index (χ1n) is 10.8. The van der Waals surface area contributed by atoms with Crippen LogP contribution >= 0.6 is 22.7 Å². The molecule has 0 unspecified atom stereocenters. The predicted octanol–water partition coefficient (Wildman–Crippen LogP) is 4.99. The zero-order valence-electron chi connectivity index (χ0n) is 18.7. The number of hydrogen-bond donors (Lipinski definition) is 0. The Morgan fingerprint density at radius 3 is 0.917 bits per heavy atom. The first-order chi connectivity index (χ1) is 17.8. The summed E-state index contributed by atoms with van der Waals surface area (Å²) in [4.78, 5) is 0. The monoisotopic (exact) mass is 494 g/mol.